The third-order valence-corrected chi connectivity index (χ3v) is 7.16. The highest BCUT2D eigenvalue weighted by molar-refractivity contribution is 8.01. The van der Waals surface area contributed by atoms with Crippen LogP contribution in [0.5, 0.6) is 0 Å². The number of anilines is 2. The maximum Gasteiger partial charge on any atom is 0.269 e. The molecule has 1 atom stereocenters. The second-order valence-electron chi connectivity index (χ2n) is 7.70. The zero-order valence-corrected chi connectivity index (χ0v) is 17.6. The number of para-hydroxylation sites is 1. The summed E-state index contributed by atoms with van der Waals surface area (Å²) in [5, 5.41) is 0. The molecule has 3 aromatic carbocycles. The lowest BCUT2D eigenvalue weighted by molar-refractivity contribution is -0.125. The van der Waals surface area contributed by atoms with Gasteiger partial charge in [-0.1, -0.05) is 66.2 Å². The van der Waals surface area contributed by atoms with Crippen LogP contribution in [0.2, 0.25) is 0 Å². The number of carbonyl (C=O) groups is 2. The molecule has 0 saturated carbocycles. The van der Waals surface area contributed by atoms with Crippen molar-refractivity contribution in [1.29, 1.82) is 0 Å². The van der Waals surface area contributed by atoms with E-state index in [0.717, 1.165) is 28.1 Å². The van der Waals surface area contributed by atoms with Crippen LogP contribution in [0.3, 0.4) is 0 Å². The quantitative estimate of drug-likeness (QED) is 0.614. The molecule has 4 nitrogen and oxygen atoms in total. The normalized spacial score (nSPS) is 20.7. The molecule has 1 spiro atoms. The predicted molar refractivity (Wildman–Crippen MR) is 121 cm³/mol. The summed E-state index contributed by atoms with van der Waals surface area (Å²) >= 11 is 1.56. The van der Waals surface area contributed by atoms with Gasteiger partial charge in [-0.25, -0.2) is 0 Å². The highest BCUT2D eigenvalue weighted by Gasteiger charge is 2.58. The van der Waals surface area contributed by atoms with Crippen LogP contribution in [0.25, 0.3) is 0 Å². The molecule has 150 valence electrons. The smallest absolute Gasteiger partial charge is 0.269 e. The van der Waals surface area contributed by atoms with Gasteiger partial charge in [0.2, 0.25) is 10.8 Å². The van der Waals surface area contributed by atoms with E-state index in [1.165, 1.54) is 0 Å². The fraction of sp³-hybridized carbons (Fsp3) is 0.200. The van der Waals surface area contributed by atoms with Crippen molar-refractivity contribution in [3.8, 4) is 0 Å². The van der Waals surface area contributed by atoms with E-state index in [4.69, 9.17) is 0 Å². The van der Waals surface area contributed by atoms with Gasteiger partial charge in [-0.3, -0.25) is 14.5 Å². The monoisotopic (exact) mass is 414 g/mol. The molecule has 0 bridgehead atoms. The summed E-state index contributed by atoms with van der Waals surface area (Å²) in [6.45, 7) is 2.50. The molecule has 1 saturated heterocycles. The van der Waals surface area contributed by atoms with Crippen LogP contribution in [0, 0.1) is 6.92 Å². The summed E-state index contributed by atoms with van der Waals surface area (Å²) in [5.74, 6) is 0.564. The van der Waals surface area contributed by atoms with Crippen LogP contribution in [0.4, 0.5) is 11.4 Å². The summed E-state index contributed by atoms with van der Waals surface area (Å²) in [5.41, 5.74) is 4.72. The Balaban J connectivity index is 1.66. The van der Waals surface area contributed by atoms with Gasteiger partial charge in [0.05, 0.1) is 12.2 Å². The lowest BCUT2D eigenvalue weighted by Crippen LogP contribution is -2.56. The molecule has 0 N–H and O–H groups in total. The van der Waals surface area contributed by atoms with E-state index in [-0.39, 0.29) is 11.8 Å². The van der Waals surface area contributed by atoms with E-state index in [1.54, 1.807) is 16.7 Å². The molecule has 1 fully saturated rings. The van der Waals surface area contributed by atoms with E-state index < -0.39 is 4.87 Å². The first-order valence-electron chi connectivity index (χ1n) is 10.1. The number of nitrogens with zero attached hydrogens (tertiary/aromatic N) is 2. The van der Waals surface area contributed by atoms with Crippen LogP contribution in [0.15, 0.2) is 78.9 Å². The van der Waals surface area contributed by atoms with Gasteiger partial charge < -0.3 is 4.90 Å². The lowest BCUT2D eigenvalue weighted by Gasteiger charge is -2.42. The van der Waals surface area contributed by atoms with Crippen molar-refractivity contribution in [2.45, 2.75) is 24.8 Å². The van der Waals surface area contributed by atoms with Gasteiger partial charge in [0.25, 0.3) is 5.91 Å². The summed E-state index contributed by atoms with van der Waals surface area (Å²) in [6.07, 6.45) is 0.425. The second kappa shape index (κ2) is 7.33. The molecule has 5 heteroatoms. The minimum atomic E-state index is -1.06. The maximum absolute atomic E-state index is 14.1. The first-order chi connectivity index (χ1) is 14.6. The second-order valence-corrected chi connectivity index (χ2v) is 8.99. The van der Waals surface area contributed by atoms with E-state index in [2.05, 4.69) is 0 Å². The Labute approximate surface area is 180 Å². The van der Waals surface area contributed by atoms with Gasteiger partial charge in [-0.15, -0.1) is 11.8 Å². The molecule has 0 radical (unpaired) electrons. The Morgan fingerprint density at radius 2 is 1.60 bits per heavy atom. The molecular weight excluding hydrogens is 392 g/mol. The van der Waals surface area contributed by atoms with E-state index >= 15 is 0 Å². The average Bonchev–Trinajstić information content (AvgIpc) is 2.99. The van der Waals surface area contributed by atoms with Gasteiger partial charge in [0.15, 0.2) is 0 Å². The van der Waals surface area contributed by atoms with Crippen molar-refractivity contribution in [2.24, 2.45) is 0 Å². The molecule has 2 amide bonds. The van der Waals surface area contributed by atoms with Crippen molar-refractivity contribution in [3.63, 3.8) is 0 Å². The van der Waals surface area contributed by atoms with Crippen molar-refractivity contribution in [3.05, 3.63) is 95.6 Å². The molecule has 0 aromatic heterocycles. The van der Waals surface area contributed by atoms with Crippen molar-refractivity contribution in [2.75, 3.05) is 15.6 Å². The minimum absolute atomic E-state index is 0.0117. The zero-order chi connectivity index (χ0) is 20.7. The van der Waals surface area contributed by atoms with Crippen molar-refractivity contribution in [1.82, 2.24) is 0 Å². The number of hydrogen-bond donors (Lipinski definition) is 0. The number of thioether (sulfide) groups is 1. The first-order valence-corrected chi connectivity index (χ1v) is 11.1. The van der Waals surface area contributed by atoms with Gasteiger partial charge >= 0.3 is 0 Å². The standard InChI is InChI=1S/C25H22N2O2S/c1-18-11-13-20(14-12-18)27-23(28)15-16-30-25(27)21-9-5-6-10-22(21)26(24(25)29)17-19-7-3-2-4-8-19/h2-14H,15-17H2,1H3/t25-/m1/s1. The minimum Gasteiger partial charge on any atom is -0.304 e. The summed E-state index contributed by atoms with van der Waals surface area (Å²) in [4.78, 5) is 29.8. The Kier molecular flexibility index (Phi) is 4.63. The van der Waals surface area contributed by atoms with Crippen molar-refractivity contribution >= 4 is 35.0 Å². The van der Waals surface area contributed by atoms with Crippen LogP contribution in [-0.4, -0.2) is 17.6 Å². The van der Waals surface area contributed by atoms with Crippen LogP contribution < -0.4 is 9.80 Å². The highest BCUT2D eigenvalue weighted by Crippen LogP contribution is 2.54. The third-order valence-electron chi connectivity index (χ3n) is 5.76. The molecule has 5 rings (SSSR count). The molecule has 2 aliphatic rings. The largest absolute Gasteiger partial charge is 0.304 e. The fourth-order valence-corrected chi connectivity index (χ4v) is 5.81. The summed E-state index contributed by atoms with van der Waals surface area (Å²) in [7, 11) is 0. The molecule has 3 aromatic rings. The van der Waals surface area contributed by atoms with Crippen molar-refractivity contribution < 1.29 is 9.59 Å². The Morgan fingerprint density at radius 3 is 2.37 bits per heavy atom. The molecule has 2 aliphatic heterocycles. The predicted octanol–water partition coefficient (Wildman–Crippen LogP) is 4.86. The molecule has 2 heterocycles. The number of rotatable bonds is 3. The van der Waals surface area contributed by atoms with Gasteiger partial charge in [0.1, 0.15) is 0 Å². The number of aryl methyl sites for hydroxylation is 1. The summed E-state index contributed by atoms with van der Waals surface area (Å²) in [6, 6.07) is 25.7. The van der Waals surface area contributed by atoms with Gasteiger partial charge in [-0.2, -0.15) is 0 Å². The number of hydrogen-bond acceptors (Lipinski definition) is 3. The third kappa shape index (κ3) is 2.84. The maximum atomic E-state index is 14.1. The molecule has 0 aliphatic carbocycles. The lowest BCUT2D eigenvalue weighted by atomic mass is 10.0. The fourth-order valence-electron chi connectivity index (χ4n) is 4.34. The van der Waals surface area contributed by atoms with Crippen LogP contribution in [-0.2, 0) is 21.0 Å². The average molecular weight is 415 g/mol. The van der Waals surface area contributed by atoms with E-state index in [1.807, 2.05) is 90.7 Å². The van der Waals surface area contributed by atoms with Gasteiger partial charge in [0, 0.05) is 23.4 Å². The SMILES string of the molecule is Cc1ccc(N2C(=O)CCS[C@]23C(=O)N(Cc2ccccc2)c2ccccc23)cc1. The Morgan fingerprint density at radius 1 is 0.900 bits per heavy atom. The molecule has 30 heavy (non-hydrogen) atoms. The highest BCUT2D eigenvalue weighted by atomic mass is 32.2. The van der Waals surface area contributed by atoms with Crippen LogP contribution in [0.1, 0.15) is 23.1 Å². The number of fused-ring (bicyclic) bond motifs is 2. The number of amides is 2. The molecule has 0 unspecified atom stereocenters. The Bertz CT molecular complexity index is 1110. The number of carbonyl (C=O) groups excluding carboxylic acids is 2. The van der Waals surface area contributed by atoms with E-state index in [9.17, 15) is 9.59 Å². The number of benzene rings is 3. The van der Waals surface area contributed by atoms with E-state index in [0.29, 0.717) is 18.7 Å². The van der Waals surface area contributed by atoms with Crippen LogP contribution >= 0.6 is 11.8 Å². The zero-order valence-electron chi connectivity index (χ0n) is 16.7. The summed E-state index contributed by atoms with van der Waals surface area (Å²) < 4.78 is 0. The first kappa shape index (κ1) is 18.9. The van der Waals surface area contributed by atoms with Gasteiger partial charge in [-0.05, 0) is 30.7 Å². The Hall–Kier alpha value is -3.05. The topological polar surface area (TPSA) is 40.6 Å². The molecular formula is C25H22N2O2S.